The molecule has 3 N–H and O–H groups in total. The molecule has 3 heterocycles. The van der Waals surface area contributed by atoms with Gasteiger partial charge in [0.05, 0.1) is 23.0 Å². The van der Waals surface area contributed by atoms with E-state index in [1.807, 2.05) is 0 Å². The van der Waals surface area contributed by atoms with Crippen LogP contribution in [0.3, 0.4) is 0 Å². The second-order valence-corrected chi connectivity index (χ2v) is 6.40. The van der Waals surface area contributed by atoms with Crippen molar-refractivity contribution >= 4 is 33.8 Å². The van der Waals surface area contributed by atoms with Crippen molar-refractivity contribution in [1.82, 2.24) is 15.0 Å². The van der Waals surface area contributed by atoms with Gasteiger partial charge < -0.3 is 15.6 Å². The molecule has 4 aromatic rings. The van der Waals surface area contributed by atoms with E-state index >= 15 is 0 Å². The second-order valence-electron chi connectivity index (χ2n) is 6.40. The number of H-pyrrole nitrogens is 1. The Kier molecular flexibility index (Phi) is 4.48. The maximum Gasteiger partial charge on any atom is 0.433 e. The Bertz CT molecular complexity index is 1350. The number of halogens is 6. The van der Waals surface area contributed by atoms with Crippen molar-refractivity contribution in [2.24, 2.45) is 0 Å². The first-order chi connectivity index (χ1) is 14.4. The molecule has 0 aliphatic carbocycles. The van der Waals surface area contributed by atoms with Crippen LogP contribution in [0.4, 0.5) is 49.2 Å². The van der Waals surface area contributed by atoms with Gasteiger partial charge in [-0.05, 0) is 18.2 Å². The predicted molar refractivity (Wildman–Crippen MR) is 98.3 cm³/mol. The molecule has 3 aromatic heterocycles. The lowest BCUT2D eigenvalue weighted by Gasteiger charge is -2.14. The molecule has 0 spiro atoms. The largest absolute Gasteiger partial charge is 0.433 e. The number of nitrogens with zero attached hydrogens (tertiary/aromatic N) is 2. The average Bonchev–Trinajstić information content (AvgIpc) is 3.11. The fourth-order valence-corrected chi connectivity index (χ4v) is 2.81. The fraction of sp³-hybridized carbons (Fsp3) is 0.111. The van der Waals surface area contributed by atoms with Gasteiger partial charge in [-0.25, -0.2) is 9.97 Å². The number of rotatable bonds is 4. The minimum atomic E-state index is -4.69. The summed E-state index contributed by atoms with van der Waals surface area (Å²) >= 11 is 0. The van der Waals surface area contributed by atoms with E-state index in [2.05, 4.69) is 25.6 Å². The lowest BCUT2D eigenvalue weighted by atomic mass is 10.1. The van der Waals surface area contributed by atoms with Crippen LogP contribution in [0.25, 0.3) is 10.9 Å². The van der Waals surface area contributed by atoms with Gasteiger partial charge in [-0.15, -0.1) is 0 Å². The Labute approximate surface area is 167 Å². The smallest absolute Gasteiger partial charge is 0.358 e. The molecule has 4 rings (SSSR count). The molecule has 0 amide bonds. The summed E-state index contributed by atoms with van der Waals surface area (Å²) in [6, 6.07) is 2.47. The van der Waals surface area contributed by atoms with Crippen molar-refractivity contribution in [3.63, 3.8) is 0 Å². The van der Waals surface area contributed by atoms with Crippen molar-refractivity contribution in [2.45, 2.75) is 12.4 Å². The van der Waals surface area contributed by atoms with E-state index in [-0.39, 0.29) is 33.8 Å². The molecule has 1 aromatic carbocycles. The van der Waals surface area contributed by atoms with Gasteiger partial charge in [0.2, 0.25) is 0 Å². The van der Waals surface area contributed by atoms with Gasteiger partial charge in [0.25, 0.3) is 10.9 Å². The van der Waals surface area contributed by atoms with Crippen LogP contribution in [-0.4, -0.2) is 15.0 Å². The highest BCUT2D eigenvalue weighted by Crippen LogP contribution is 2.34. The number of hydrogen-bond donors (Lipinski definition) is 3. The number of aromatic amines is 1. The third kappa shape index (κ3) is 3.69. The second kappa shape index (κ2) is 6.82. The first-order valence-electron chi connectivity index (χ1n) is 8.40. The molecule has 0 saturated heterocycles. The van der Waals surface area contributed by atoms with Crippen LogP contribution in [0.5, 0.6) is 0 Å². The lowest BCUT2D eigenvalue weighted by Crippen LogP contribution is -2.35. The van der Waals surface area contributed by atoms with Gasteiger partial charge in [-0.3, -0.25) is 9.59 Å². The summed E-state index contributed by atoms with van der Waals surface area (Å²) in [5.74, 6) is -0.134. The molecule has 0 aliphatic heterocycles. The minimum Gasteiger partial charge on any atom is -0.358 e. The minimum absolute atomic E-state index is 0.0639. The standard InChI is InChI=1S/C18H9F6N5O2/c19-17(20,21)7-1-2-12(27-4-7)29-14-13(15(30)16(14)31)28-10-6-25-9-5-26-11(3-8(9)10)18(22,23)24/h1-6,25,28H,(H,27,29). The number of alkyl halides is 6. The summed E-state index contributed by atoms with van der Waals surface area (Å²) in [5, 5.41) is 5.09. The Hall–Kier alpha value is -3.90. The Balaban J connectivity index is 1.64. The van der Waals surface area contributed by atoms with E-state index in [0.717, 1.165) is 24.4 Å². The van der Waals surface area contributed by atoms with Crippen molar-refractivity contribution in [1.29, 1.82) is 0 Å². The number of anilines is 4. The van der Waals surface area contributed by atoms with Crippen LogP contribution < -0.4 is 21.5 Å². The maximum absolute atomic E-state index is 12.9. The van der Waals surface area contributed by atoms with Gasteiger partial charge in [-0.2, -0.15) is 26.3 Å². The summed E-state index contributed by atoms with van der Waals surface area (Å²) in [4.78, 5) is 33.4. The molecule has 13 heteroatoms. The summed E-state index contributed by atoms with van der Waals surface area (Å²) in [7, 11) is 0. The molecule has 0 unspecified atom stereocenters. The summed E-state index contributed by atoms with van der Waals surface area (Å²) < 4.78 is 76.6. The van der Waals surface area contributed by atoms with Gasteiger partial charge in [0.15, 0.2) is 0 Å². The SMILES string of the molecule is O=c1c(Nc2ccc(C(F)(F)F)cn2)c(Nc2c[nH]c3cnc(C(F)(F)F)cc23)c1=O. The quantitative estimate of drug-likeness (QED) is 0.326. The van der Waals surface area contributed by atoms with Crippen molar-refractivity contribution in [3.8, 4) is 0 Å². The summed E-state index contributed by atoms with van der Waals surface area (Å²) in [6.07, 6.45) is -6.49. The zero-order chi connectivity index (χ0) is 22.6. The molecule has 7 nitrogen and oxygen atoms in total. The van der Waals surface area contributed by atoms with E-state index in [1.54, 1.807) is 0 Å². The average molecular weight is 441 g/mol. The maximum atomic E-state index is 12.9. The predicted octanol–water partition coefficient (Wildman–Crippen LogP) is 4.08. The van der Waals surface area contributed by atoms with Crippen molar-refractivity contribution < 1.29 is 26.3 Å². The molecule has 0 atom stereocenters. The third-order valence-electron chi connectivity index (χ3n) is 4.37. The van der Waals surface area contributed by atoms with E-state index in [1.165, 1.54) is 6.20 Å². The first-order valence-corrected chi connectivity index (χ1v) is 8.40. The molecule has 0 fully saturated rings. The van der Waals surface area contributed by atoms with Crippen LogP contribution in [0, 0.1) is 0 Å². The van der Waals surface area contributed by atoms with E-state index in [9.17, 15) is 35.9 Å². The van der Waals surface area contributed by atoms with Crippen molar-refractivity contribution in [2.75, 3.05) is 10.6 Å². The van der Waals surface area contributed by atoms with E-state index < -0.39 is 34.5 Å². The normalized spacial score (nSPS) is 12.5. The van der Waals surface area contributed by atoms with Crippen LogP contribution in [0.1, 0.15) is 11.3 Å². The molecule has 0 aliphatic rings. The Morgan fingerprint density at radius 3 is 2.10 bits per heavy atom. The van der Waals surface area contributed by atoms with Crippen molar-refractivity contribution in [3.05, 3.63) is 68.5 Å². The van der Waals surface area contributed by atoms with Gasteiger partial charge in [0, 0.05) is 17.8 Å². The number of aromatic nitrogens is 3. The fourth-order valence-electron chi connectivity index (χ4n) is 2.81. The topological polar surface area (TPSA) is 99.8 Å². The molecule has 31 heavy (non-hydrogen) atoms. The summed E-state index contributed by atoms with van der Waals surface area (Å²) in [6.45, 7) is 0. The zero-order valence-corrected chi connectivity index (χ0v) is 14.9. The lowest BCUT2D eigenvalue weighted by molar-refractivity contribution is -0.141. The van der Waals surface area contributed by atoms with Crippen LogP contribution in [0.15, 0.2) is 46.4 Å². The highest BCUT2D eigenvalue weighted by molar-refractivity contribution is 5.96. The number of fused-ring (bicyclic) bond motifs is 1. The van der Waals surface area contributed by atoms with E-state index in [0.29, 0.717) is 6.20 Å². The van der Waals surface area contributed by atoms with Gasteiger partial charge in [0.1, 0.15) is 22.9 Å². The highest BCUT2D eigenvalue weighted by atomic mass is 19.4. The van der Waals surface area contributed by atoms with Crippen LogP contribution in [-0.2, 0) is 12.4 Å². The molecular formula is C18H9F6N5O2. The monoisotopic (exact) mass is 441 g/mol. The molecular weight excluding hydrogens is 432 g/mol. The van der Waals surface area contributed by atoms with Gasteiger partial charge >= 0.3 is 12.4 Å². The Morgan fingerprint density at radius 2 is 1.52 bits per heavy atom. The van der Waals surface area contributed by atoms with E-state index in [4.69, 9.17) is 0 Å². The molecule has 0 radical (unpaired) electrons. The van der Waals surface area contributed by atoms with Gasteiger partial charge in [-0.1, -0.05) is 0 Å². The summed E-state index contributed by atoms with van der Waals surface area (Å²) in [5.41, 5.74) is -4.30. The Morgan fingerprint density at radius 1 is 0.839 bits per heavy atom. The van der Waals surface area contributed by atoms with Crippen LogP contribution in [0.2, 0.25) is 0 Å². The number of nitrogens with one attached hydrogen (secondary N) is 3. The molecule has 0 bridgehead atoms. The zero-order valence-electron chi connectivity index (χ0n) is 14.9. The third-order valence-corrected chi connectivity index (χ3v) is 4.37. The molecule has 0 saturated carbocycles. The highest BCUT2D eigenvalue weighted by Gasteiger charge is 2.33. The first kappa shape index (κ1) is 20.4. The van der Waals surface area contributed by atoms with Crippen LogP contribution >= 0.6 is 0 Å². The number of pyridine rings is 2. The molecule has 160 valence electrons. The number of hydrogen-bond acceptors (Lipinski definition) is 6.